The Kier molecular flexibility index (Phi) is 11.2. The van der Waals surface area contributed by atoms with Crippen LogP contribution in [0.1, 0.15) is 28.5 Å². The number of aromatic nitrogens is 1. The van der Waals surface area contributed by atoms with E-state index in [4.69, 9.17) is 4.74 Å². The molecule has 1 unspecified atom stereocenters. The van der Waals surface area contributed by atoms with Crippen LogP contribution in [0.3, 0.4) is 0 Å². The van der Waals surface area contributed by atoms with Gasteiger partial charge in [0.15, 0.2) is 0 Å². The van der Waals surface area contributed by atoms with Gasteiger partial charge in [-0.1, -0.05) is 24.3 Å². The Labute approximate surface area is 289 Å². The first-order chi connectivity index (χ1) is 23.5. The van der Waals surface area contributed by atoms with Crippen molar-refractivity contribution in [3.05, 3.63) is 82.3 Å². The highest BCUT2D eigenvalue weighted by molar-refractivity contribution is 7.37. The maximum absolute atomic E-state index is 13.8. The molecule has 10 nitrogen and oxygen atoms in total. The largest absolute Gasteiger partial charge is 0.490 e. The van der Waals surface area contributed by atoms with Crippen molar-refractivity contribution in [3.8, 4) is 5.75 Å². The highest BCUT2D eigenvalue weighted by atomic mass is 32.2. The standard InChI is InChI=1S/C34H38F3N5O5S2/c35-34(36,37)20-39-32(46)27-18-41(17-25-14-22-7-11-48-33(22)49-25)9-10-42(27)16-24(43)13-23(12-21-4-3-8-38-15-21)31(45)40-30-26-5-1-2-6-29(26)47-19-28(30)44/h1-8,11,14-15,23-24,27-28,30,43-44H,9-10,12-13,16-20H2,(H,39,46)(H,40,45)/t23-,24+,27+,28-,30?/m1/s1. The second-order valence-corrected chi connectivity index (χ2v) is 14.8. The van der Waals surface area contributed by atoms with Gasteiger partial charge < -0.3 is 25.6 Å². The van der Waals surface area contributed by atoms with Crippen LogP contribution in [0.15, 0.2) is 66.3 Å². The number of para-hydroxylation sites is 1. The van der Waals surface area contributed by atoms with E-state index in [9.17, 15) is 33.0 Å². The van der Waals surface area contributed by atoms with Gasteiger partial charge in [-0.2, -0.15) is 13.2 Å². The molecule has 0 radical (unpaired) electrons. The fourth-order valence-electron chi connectivity index (χ4n) is 6.46. The Morgan fingerprint density at radius 3 is 2.76 bits per heavy atom. The summed E-state index contributed by atoms with van der Waals surface area (Å²) in [5.74, 6) is -1.33. The average molecular weight is 718 g/mol. The zero-order chi connectivity index (χ0) is 34.5. The van der Waals surface area contributed by atoms with E-state index >= 15 is 0 Å². The monoisotopic (exact) mass is 717 g/mol. The molecule has 1 saturated heterocycles. The number of carbonyl (C=O) groups is 2. The van der Waals surface area contributed by atoms with Gasteiger partial charge in [-0.3, -0.25) is 24.4 Å². The number of piperazine rings is 1. The number of aliphatic hydroxyl groups excluding tert-OH is 2. The van der Waals surface area contributed by atoms with Gasteiger partial charge in [0.2, 0.25) is 11.8 Å². The van der Waals surface area contributed by atoms with Crippen LogP contribution in [0.2, 0.25) is 0 Å². The van der Waals surface area contributed by atoms with E-state index in [1.165, 1.54) is 4.01 Å². The minimum absolute atomic E-state index is 0.00469. The average Bonchev–Trinajstić information content (AvgIpc) is 3.67. The van der Waals surface area contributed by atoms with Crippen LogP contribution in [-0.4, -0.2) is 101 Å². The second kappa shape index (κ2) is 15.5. The fraction of sp³-hybridized carbons (Fsp3) is 0.441. The maximum atomic E-state index is 13.8. The van der Waals surface area contributed by atoms with E-state index in [2.05, 4.69) is 16.4 Å². The molecular formula is C34H38F3N5O5S2. The SMILES string of the molecule is O=C(NC1c2ccccc2OC[C@H]1O)[C@H](Cc1cccnc1)C[C@H](O)CN1CCN(Cc2cc3ccsc3s2)C[C@H]1C(=O)NCC(F)(F)F. The lowest BCUT2D eigenvalue weighted by molar-refractivity contribution is -0.143. The van der Waals surface area contributed by atoms with Gasteiger partial charge in [-0.05, 0) is 48.1 Å². The van der Waals surface area contributed by atoms with Crippen molar-refractivity contribution in [2.75, 3.05) is 39.3 Å². The van der Waals surface area contributed by atoms with Gasteiger partial charge in [0.1, 0.15) is 31.0 Å². The number of halogens is 3. The molecule has 0 aliphatic carbocycles. The highest BCUT2D eigenvalue weighted by Crippen LogP contribution is 2.33. The van der Waals surface area contributed by atoms with Crippen molar-refractivity contribution in [1.82, 2.24) is 25.4 Å². The number of β-amino-alcohol motifs (C(OH)–C–C–N with tert-alkyl or cyclic N) is 1. The van der Waals surface area contributed by atoms with Crippen molar-refractivity contribution in [2.24, 2.45) is 5.92 Å². The molecule has 15 heteroatoms. The fourth-order valence-corrected chi connectivity index (χ4v) is 8.66. The number of rotatable bonds is 12. The molecular weight excluding hydrogens is 680 g/mol. The summed E-state index contributed by atoms with van der Waals surface area (Å²) < 4.78 is 46.0. The number of nitrogens with one attached hydrogen (secondary N) is 2. The number of hydrogen-bond donors (Lipinski definition) is 4. The molecule has 4 aromatic rings. The Hall–Kier alpha value is -3.60. The molecule has 2 amide bonds. The number of hydrogen-bond acceptors (Lipinski definition) is 10. The Morgan fingerprint density at radius 1 is 1.14 bits per heavy atom. The van der Waals surface area contributed by atoms with Gasteiger partial charge in [0.05, 0.1) is 16.2 Å². The first kappa shape index (κ1) is 35.2. The molecule has 0 bridgehead atoms. The molecule has 5 atom stereocenters. The van der Waals surface area contributed by atoms with E-state index in [0.29, 0.717) is 30.9 Å². The van der Waals surface area contributed by atoms with Crippen molar-refractivity contribution in [2.45, 2.75) is 49.9 Å². The smallest absolute Gasteiger partial charge is 0.405 e. The third-order valence-corrected chi connectivity index (χ3v) is 11.0. The summed E-state index contributed by atoms with van der Waals surface area (Å²) in [5, 5.41) is 30.3. The molecule has 2 aliphatic heterocycles. The third-order valence-electron chi connectivity index (χ3n) is 8.84. The van der Waals surface area contributed by atoms with Crippen LogP contribution in [0.5, 0.6) is 5.75 Å². The topological polar surface area (TPSA) is 127 Å². The van der Waals surface area contributed by atoms with E-state index < -0.39 is 48.8 Å². The quantitative estimate of drug-likeness (QED) is 0.175. The first-order valence-corrected chi connectivity index (χ1v) is 17.8. The van der Waals surface area contributed by atoms with Gasteiger partial charge in [0, 0.05) is 66.9 Å². The van der Waals surface area contributed by atoms with E-state index in [1.54, 1.807) is 70.3 Å². The number of pyridine rings is 1. The molecule has 6 rings (SSSR count). The third kappa shape index (κ3) is 9.15. The second-order valence-electron chi connectivity index (χ2n) is 12.5. The van der Waals surface area contributed by atoms with Crippen LogP contribution < -0.4 is 15.4 Å². The Morgan fingerprint density at radius 2 is 1.98 bits per heavy atom. The van der Waals surface area contributed by atoms with Crippen LogP contribution >= 0.6 is 22.7 Å². The lowest BCUT2D eigenvalue weighted by Gasteiger charge is -2.41. The number of aliphatic hydroxyl groups is 2. The number of fused-ring (bicyclic) bond motifs is 2. The molecule has 0 spiro atoms. The number of carbonyl (C=O) groups excluding carboxylic acids is 2. The summed E-state index contributed by atoms with van der Waals surface area (Å²) in [6.45, 7) is 0.156. The number of alkyl halides is 3. The zero-order valence-electron chi connectivity index (χ0n) is 26.5. The predicted molar refractivity (Wildman–Crippen MR) is 180 cm³/mol. The summed E-state index contributed by atoms with van der Waals surface area (Å²) in [7, 11) is 0. The number of thiophene rings is 2. The Bertz CT molecular complexity index is 1690. The first-order valence-electron chi connectivity index (χ1n) is 16.1. The Balaban J connectivity index is 1.15. The van der Waals surface area contributed by atoms with Gasteiger partial charge >= 0.3 is 6.18 Å². The van der Waals surface area contributed by atoms with Crippen LogP contribution in [-0.2, 0) is 22.6 Å². The molecule has 1 fully saturated rings. The van der Waals surface area contributed by atoms with E-state index in [1.807, 2.05) is 27.7 Å². The van der Waals surface area contributed by atoms with Gasteiger partial charge in [0.25, 0.3) is 0 Å². The molecule has 4 N–H and O–H groups in total. The van der Waals surface area contributed by atoms with Crippen molar-refractivity contribution < 1.29 is 37.7 Å². The number of amides is 2. The summed E-state index contributed by atoms with van der Waals surface area (Å²) in [6.07, 6.45) is -3.13. The van der Waals surface area contributed by atoms with Gasteiger partial charge in [-0.15, -0.1) is 22.7 Å². The van der Waals surface area contributed by atoms with Crippen LogP contribution in [0.25, 0.3) is 9.40 Å². The molecule has 262 valence electrons. The summed E-state index contributed by atoms with van der Waals surface area (Å²) in [6, 6.07) is 13.2. The molecule has 1 aromatic carbocycles. The summed E-state index contributed by atoms with van der Waals surface area (Å²) >= 11 is 3.31. The number of nitrogens with zero attached hydrogens (tertiary/aromatic N) is 3. The molecule has 5 heterocycles. The number of ether oxygens (including phenoxy) is 1. The normalized spacial score (nSPS) is 21.4. The minimum Gasteiger partial charge on any atom is -0.490 e. The highest BCUT2D eigenvalue weighted by Gasteiger charge is 2.38. The molecule has 2 aliphatic rings. The van der Waals surface area contributed by atoms with Gasteiger partial charge in [-0.25, -0.2) is 0 Å². The van der Waals surface area contributed by atoms with Crippen molar-refractivity contribution >= 4 is 43.9 Å². The number of benzene rings is 1. The summed E-state index contributed by atoms with van der Waals surface area (Å²) in [5.41, 5.74) is 1.41. The lowest BCUT2D eigenvalue weighted by Crippen LogP contribution is -2.60. The maximum Gasteiger partial charge on any atom is 0.405 e. The van der Waals surface area contributed by atoms with Crippen LogP contribution in [0, 0.1) is 5.92 Å². The zero-order valence-corrected chi connectivity index (χ0v) is 28.1. The van der Waals surface area contributed by atoms with Crippen LogP contribution in [0.4, 0.5) is 13.2 Å². The van der Waals surface area contributed by atoms with E-state index in [-0.39, 0.29) is 38.4 Å². The van der Waals surface area contributed by atoms with Crippen molar-refractivity contribution in [3.63, 3.8) is 0 Å². The molecule has 0 saturated carbocycles. The molecule has 3 aromatic heterocycles. The van der Waals surface area contributed by atoms with E-state index in [0.717, 1.165) is 15.8 Å². The lowest BCUT2D eigenvalue weighted by atomic mass is 9.91. The minimum atomic E-state index is -4.57. The summed E-state index contributed by atoms with van der Waals surface area (Å²) in [4.78, 5) is 36.0. The van der Waals surface area contributed by atoms with Crippen molar-refractivity contribution in [1.29, 1.82) is 0 Å². The molecule has 49 heavy (non-hydrogen) atoms. The predicted octanol–water partition coefficient (Wildman–Crippen LogP) is 3.74.